The highest BCUT2D eigenvalue weighted by Crippen LogP contribution is 2.25. The van der Waals surface area contributed by atoms with Gasteiger partial charge in [-0.05, 0) is 32.9 Å². The van der Waals surface area contributed by atoms with Crippen molar-refractivity contribution in [3.8, 4) is 5.75 Å². The third-order valence-corrected chi connectivity index (χ3v) is 3.85. The van der Waals surface area contributed by atoms with Gasteiger partial charge in [0.15, 0.2) is 6.54 Å². The Morgan fingerprint density at radius 1 is 1.21 bits per heavy atom. The molecule has 0 saturated carbocycles. The molecule has 24 heavy (non-hydrogen) atoms. The van der Waals surface area contributed by atoms with Gasteiger partial charge in [0.2, 0.25) is 0 Å². The SMILES string of the molecule is CC(C)(C)NC(=O)NC(=O)C[NH+]1CCN(c2ccccc2O)CC1. The van der Waals surface area contributed by atoms with E-state index in [0.29, 0.717) is 0 Å². The number of amides is 3. The van der Waals surface area contributed by atoms with Crippen molar-refractivity contribution in [2.75, 3.05) is 37.6 Å². The van der Waals surface area contributed by atoms with Crippen LogP contribution >= 0.6 is 0 Å². The number of quaternary nitrogens is 1. The lowest BCUT2D eigenvalue weighted by atomic mass is 10.1. The molecular weight excluding hydrogens is 308 g/mol. The maximum atomic E-state index is 12.0. The minimum Gasteiger partial charge on any atom is -0.506 e. The molecule has 0 radical (unpaired) electrons. The molecule has 0 aromatic heterocycles. The summed E-state index contributed by atoms with van der Waals surface area (Å²) in [4.78, 5) is 26.9. The van der Waals surface area contributed by atoms with E-state index in [0.717, 1.165) is 36.8 Å². The quantitative estimate of drug-likeness (QED) is 0.612. The summed E-state index contributed by atoms with van der Waals surface area (Å²) in [5.74, 6) is 0.000280. The molecule has 0 bridgehead atoms. The second kappa shape index (κ2) is 7.53. The molecule has 0 atom stereocenters. The van der Waals surface area contributed by atoms with E-state index in [1.165, 1.54) is 0 Å². The normalized spacial score (nSPS) is 15.9. The number of phenolic OH excluding ortho intramolecular Hbond substituents is 1. The van der Waals surface area contributed by atoms with Crippen LogP contribution in [0.5, 0.6) is 5.75 Å². The number of imide groups is 1. The molecule has 1 aromatic carbocycles. The Bertz CT molecular complexity index is 590. The molecule has 0 unspecified atom stereocenters. The van der Waals surface area contributed by atoms with E-state index in [2.05, 4.69) is 15.5 Å². The first-order valence-electron chi connectivity index (χ1n) is 8.23. The van der Waals surface area contributed by atoms with Crippen LogP contribution in [0.4, 0.5) is 10.5 Å². The van der Waals surface area contributed by atoms with E-state index in [4.69, 9.17) is 0 Å². The number of urea groups is 1. The number of hydrogen-bond acceptors (Lipinski definition) is 4. The van der Waals surface area contributed by atoms with Crippen molar-refractivity contribution in [3.63, 3.8) is 0 Å². The number of para-hydroxylation sites is 2. The van der Waals surface area contributed by atoms with Crippen molar-refractivity contribution in [2.24, 2.45) is 0 Å². The zero-order chi connectivity index (χ0) is 17.7. The minimum atomic E-state index is -0.459. The lowest BCUT2D eigenvalue weighted by Gasteiger charge is -2.33. The Kier molecular flexibility index (Phi) is 5.66. The molecule has 3 amide bonds. The highest BCUT2D eigenvalue weighted by Gasteiger charge is 2.24. The van der Waals surface area contributed by atoms with Gasteiger partial charge in [0.25, 0.3) is 5.91 Å². The summed E-state index contributed by atoms with van der Waals surface area (Å²) in [6.07, 6.45) is 0. The van der Waals surface area contributed by atoms with Crippen LogP contribution in [0.1, 0.15) is 20.8 Å². The number of carbonyl (C=O) groups is 2. The standard InChI is InChI=1S/C17H26N4O3/c1-17(2,3)19-16(24)18-15(23)12-20-8-10-21(11-9-20)13-6-4-5-7-14(13)22/h4-7,22H,8-12H2,1-3H3,(H2,18,19,23,24)/p+1. The Labute approximate surface area is 142 Å². The van der Waals surface area contributed by atoms with Crippen molar-refractivity contribution in [1.29, 1.82) is 0 Å². The number of rotatable bonds is 3. The predicted octanol–water partition coefficient (Wildman–Crippen LogP) is -0.279. The van der Waals surface area contributed by atoms with Gasteiger partial charge in [0, 0.05) is 5.54 Å². The van der Waals surface area contributed by atoms with Crippen LogP contribution in [0.15, 0.2) is 24.3 Å². The highest BCUT2D eigenvalue weighted by molar-refractivity contribution is 5.94. The number of aromatic hydroxyl groups is 1. The number of carbonyl (C=O) groups excluding carboxylic acids is 2. The fourth-order valence-corrected chi connectivity index (χ4v) is 2.74. The van der Waals surface area contributed by atoms with Crippen LogP contribution in [0.25, 0.3) is 0 Å². The third-order valence-electron chi connectivity index (χ3n) is 3.85. The first-order chi connectivity index (χ1) is 11.2. The van der Waals surface area contributed by atoms with Gasteiger partial charge in [-0.3, -0.25) is 10.1 Å². The smallest absolute Gasteiger partial charge is 0.322 e. The summed E-state index contributed by atoms with van der Waals surface area (Å²) >= 11 is 0. The summed E-state index contributed by atoms with van der Waals surface area (Å²) in [5, 5.41) is 15.0. The molecule has 4 N–H and O–H groups in total. The van der Waals surface area contributed by atoms with Crippen molar-refractivity contribution < 1.29 is 19.6 Å². The lowest BCUT2D eigenvalue weighted by Crippen LogP contribution is -3.16. The molecular formula is C17H27N4O3+. The molecule has 1 heterocycles. The van der Waals surface area contributed by atoms with Gasteiger partial charge in [-0.1, -0.05) is 12.1 Å². The van der Waals surface area contributed by atoms with E-state index in [1.54, 1.807) is 12.1 Å². The molecule has 7 heteroatoms. The van der Waals surface area contributed by atoms with Crippen LogP contribution in [0.3, 0.4) is 0 Å². The van der Waals surface area contributed by atoms with Crippen molar-refractivity contribution in [3.05, 3.63) is 24.3 Å². The van der Waals surface area contributed by atoms with Crippen molar-refractivity contribution in [2.45, 2.75) is 26.3 Å². The van der Waals surface area contributed by atoms with E-state index in [-0.39, 0.29) is 23.7 Å². The minimum absolute atomic E-state index is 0.270. The number of nitrogens with one attached hydrogen (secondary N) is 3. The largest absolute Gasteiger partial charge is 0.506 e. The fraction of sp³-hybridized carbons (Fsp3) is 0.529. The average molecular weight is 335 g/mol. The molecule has 0 spiro atoms. The first-order valence-corrected chi connectivity index (χ1v) is 8.23. The molecule has 1 aliphatic heterocycles. The molecule has 1 saturated heterocycles. The second-order valence-electron chi connectivity index (χ2n) is 7.15. The van der Waals surface area contributed by atoms with Crippen LogP contribution in [-0.4, -0.2) is 55.3 Å². The molecule has 2 rings (SSSR count). The number of anilines is 1. The maximum Gasteiger partial charge on any atom is 0.322 e. The number of piperazine rings is 1. The molecule has 7 nitrogen and oxygen atoms in total. The van der Waals surface area contributed by atoms with Crippen molar-refractivity contribution >= 4 is 17.6 Å². The Morgan fingerprint density at radius 2 is 1.83 bits per heavy atom. The number of benzene rings is 1. The predicted molar refractivity (Wildman–Crippen MR) is 92.3 cm³/mol. The Morgan fingerprint density at radius 3 is 2.42 bits per heavy atom. The highest BCUT2D eigenvalue weighted by atomic mass is 16.3. The summed E-state index contributed by atoms with van der Waals surface area (Å²) in [6.45, 7) is 8.93. The number of nitrogens with zero attached hydrogens (tertiary/aromatic N) is 1. The van der Waals surface area contributed by atoms with Gasteiger partial charge >= 0.3 is 6.03 Å². The number of hydrogen-bond donors (Lipinski definition) is 4. The Hall–Kier alpha value is -2.28. The van der Waals surface area contributed by atoms with Crippen LogP contribution in [-0.2, 0) is 4.79 Å². The van der Waals surface area contributed by atoms with Gasteiger partial charge < -0.3 is 20.2 Å². The van der Waals surface area contributed by atoms with E-state index in [9.17, 15) is 14.7 Å². The maximum absolute atomic E-state index is 12.0. The van der Waals surface area contributed by atoms with Gasteiger partial charge in [-0.2, -0.15) is 0 Å². The van der Waals surface area contributed by atoms with Crippen LogP contribution in [0, 0.1) is 0 Å². The van der Waals surface area contributed by atoms with Crippen LogP contribution < -0.4 is 20.4 Å². The molecule has 1 fully saturated rings. The van der Waals surface area contributed by atoms with Gasteiger partial charge in [-0.15, -0.1) is 0 Å². The van der Waals surface area contributed by atoms with Crippen molar-refractivity contribution in [1.82, 2.24) is 10.6 Å². The van der Waals surface area contributed by atoms with Gasteiger partial charge in [0.1, 0.15) is 5.75 Å². The summed E-state index contributed by atoms with van der Waals surface area (Å²) < 4.78 is 0. The second-order valence-corrected chi connectivity index (χ2v) is 7.15. The van der Waals surface area contributed by atoms with Gasteiger partial charge in [0.05, 0.1) is 31.9 Å². The monoisotopic (exact) mass is 335 g/mol. The summed E-state index contributed by atoms with van der Waals surface area (Å²) in [6, 6.07) is 6.81. The van der Waals surface area contributed by atoms with E-state index in [1.807, 2.05) is 32.9 Å². The summed E-state index contributed by atoms with van der Waals surface area (Å²) in [5.41, 5.74) is 0.450. The third kappa shape index (κ3) is 5.42. The molecule has 1 aromatic rings. The Balaban J connectivity index is 1.78. The molecule has 1 aliphatic rings. The topological polar surface area (TPSA) is 86.1 Å². The summed E-state index contributed by atoms with van der Waals surface area (Å²) in [7, 11) is 0. The van der Waals surface area contributed by atoms with Gasteiger partial charge in [-0.25, -0.2) is 4.79 Å². The average Bonchev–Trinajstić information content (AvgIpc) is 2.46. The number of phenols is 1. The zero-order valence-electron chi connectivity index (χ0n) is 14.6. The zero-order valence-corrected chi connectivity index (χ0v) is 14.6. The molecule has 0 aliphatic carbocycles. The lowest BCUT2D eigenvalue weighted by molar-refractivity contribution is -0.892. The fourth-order valence-electron chi connectivity index (χ4n) is 2.74. The van der Waals surface area contributed by atoms with Crippen LogP contribution in [0.2, 0.25) is 0 Å². The van der Waals surface area contributed by atoms with E-state index < -0.39 is 6.03 Å². The van der Waals surface area contributed by atoms with E-state index >= 15 is 0 Å². The first kappa shape index (κ1) is 18.1. The molecule has 132 valence electrons.